The standard InChI is InChI=1S/C15H13N5O5/c1-9-6-13(20(21)22)18-19(9)5-4-14-16-17-15(25-14)10-2-3-11-12(7-10)24-8-23-11/h2-3,6-7H,4-5,8H2,1H3. The van der Waals surface area contributed by atoms with Gasteiger partial charge in [-0.05, 0) is 30.0 Å². The van der Waals surface area contributed by atoms with E-state index in [4.69, 9.17) is 13.9 Å². The van der Waals surface area contributed by atoms with E-state index >= 15 is 0 Å². The molecule has 0 fully saturated rings. The largest absolute Gasteiger partial charge is 0.454 e. The van der Waals surface area contributed by atoms with E-state index in [-0.39, 0.29) is 12.6 Å². The Morgan fingerprint density at radius 1 is 1.24 bits per heavy atom. The predicted molar refractivity (Wildman–Crippen MR) is 83.2 cm³/mol. The Morgan fingerprint density at radius 2 is 2.08 bits per heavy atom. The van der Waals surface area contributed by atoms with Gasteiger partial charge >= 0.3 is 5.82 Å². The van der Waals surface area contributed by atoms with Crippen molar-refractivity contribution < 1.29 is 18.8 Å². The van der Waals surface area contributed by atoms with Crippen LogP contribution >= 0.6 is 0 Å². The number of aromatic nitrogens is 4. The Hall–Kier alpha value is -3.43. The summed E-state index contributed by atoms with van der Waals surface area (Å²) >= 11 is 0. The summed E-state index contributed by atoms with van der Waals surface area (Å²) < 4.78 is 17.8. The SMILES string of the molecule is Cc1cc([N+](=O)[O-])nn1CCc1nnc(-c2ccc3c(c2)OCO3)o1. The van der Waals surface area contributed by atoms with Gasteiger partial charge in [0.15, 0.2) is 11.5 Å². The fourth-order valence-corrected chi connectivity index (χ4v) is 2.51. The highest BCUT2D eigenvalue weighted by Crippen LogP contribution is 2.35. The lowest BCUT2D eigenvalue weighted by molar-refractivity contribution is -0.389. The van der Waals surface area contributed by atoms with Gasteiger partial charge in [0, 0.05) is 12.0 Å². The zero-order chi connectivity index (χ0) is 17.4. The van der Waals surface area contributed by atoms with Crippen LogP contribution in [0.5, 0.6) is 11.5 Å². The van der Waals surface area contributed by atoms with Gasteiger partial charge in [0.2, 0.25) is 18.6 Å². The fraction of sp³-hybridized carbons (Fsp3) is 0.267. The van der Waals surface area contributed by atoms with Crippen molar-refractivity contribution in [1.82, 2.24) is 20.0 Å². The van der Waals surface area contributed by atoms with Gasteiger partial charge in [0.25, 0.3) is 0 Å². The summed E-state index contributed by atoms with van der Waals surface area (Å²) in [5.41, 5.74) is 1.43. The van der Waals surface area contributed by atoms with Crippen molar-refractivity contribution in [2.45, 2.75) is 19.9 Å². The van der Waals surface area contributed by atoms with Gasteiger partial charge in [-0.25, -0.2) is 0 Å². The fourth-order valence-electron chi connectivity index (χ4n) is 2.51. The molecule has 0 bridgehead atoms. The van der Waals surface area contributed by atoms with Crippen molar-refractivity contribution in [1.29, 1.82) is 0 Å². The van der Waals surface area contributed by atoms with Crippen LogP contribution < -0.4 is 9.47 Å². The summed E-state index contributed by atoms with van der Waals surface area (Å²) in [5.74, 6) is 1.93. The number of nitro groups is 1. The molecule has 0 saturated heterocycles. The molecule has 1 aromatic carbocycles. The third-order valence-corrected chi connectivity index (χ3v) is 3.78. The molecule has 0 unspecified atom stereocenters. The topological polar surface area (TPSA) is 118 Å². The average molecular weight is 343 g/mol. The first kappa shape index (κ1) is 15.1. The molecule has 10 heteroatoms. The Labute approximate surface area is 141 Å². The van der Waals surface area contributed by atoms with Crippen LogP contribution in [0.4, 0.5) is 5.82 Å². The maximum atomic E-state index is 10.8. The molecule has 1 aliphatic rings. The zero-order valence-electron chi connectivity index (χ0n) is 13.2. The minimum atomic E-state index is -0.520. The lowest BCUT2D eigenvalue weighted by atomic mass is 10.2. The normalized spacial score (nSPS) is 12.5. The number of ether oxygens (including phenoxy) is 2. The number of fused-ring (bicyclic) bond motifs is 1. The van der Waals surface area contributed by atoms with Crippen LogP contribution in [-0.2, 0) is 13.0 Å². The number of rotatable bonds is 5. The lowest BCUT2D eigenvalue weighted by Crippen LogP contribution is -2.05. The molecule has 4 rings (SSSR count). The van der Waals surface area contributed by atoms with E-state index in [2.05, 4.69) is 15.3 Å². The van der Waals surface area contributed by atoms with E-state index in [1.54, 1.807) is 23.7 Å². The summed E-state index contributed by atoms with van der Waals surface area (Å²) in [5, 5.41) is 22.7. The molecule has 0 radical (unpaired) electrons. The van der Waals surface area contributed by atoms with E-state index in [1.807, 2.05) is 6.07 Å². The number of hydrogen-bond acceptors (Lipinski definition) is 8. The van der Waals surface area contributed by atoms with Crippen molar-refractivity contribution >= 4 is 5.82 Å². The predicted octanol–water partition coefficient (Wildman–Crippen LogP) is 2.12. The summed E-state index contributed by atoms with van der Waals surface area (Å²) in [4.78, 5) is 10.2. The minimum absolute atomic E-state index is 0.177. The van der Waals surface area contributed by atoms with E-state index < -0.39 is 4.92 Å². The molecule has 0 amide bonds. The van der Waals surface area contributed by atoms with Crippen molar-refractivity contribution in [3.63, 3.8) is 0 Å². The van der Waals surface area contributed by atoms with Gasteiger partial charge in [-0.15, -0.1) is 10.2 Å². The molecule has 128 valence electrons. The van der Waals surface area contributed by atoms with E-state index in [0.29, 0.717) is 41.9 Å². The minimum Gasteiger partial charge on any atom is -0.454 e. The van der Waals surface area contributed by atoms with Gasteiger partial charge < -0.3 is 24.0 Å². The third kappa shape index (κ3) is 2.89. The van der Waals surface area contributed by atoms with Gasteiger partial charge in [0.1, 0.15) is 0 Å². The molecule has 25 heavy (non-hydrogen) atoms. The van der Waals surface area contributed by atoms with Crippen molar-refractivity contribution in [3.05, 3.63) is 46.0 Å². The van der Waals surface area contributed by atoms with Crippen molar-refractivity contribution in [2.24, 2.45) is 0 Å². The number of aryl methyl sites for hydroxylation is 3. The molecule has 10 nitrogen and oxygen atoms in total. The van der Waals surface area contributed by atoms with Gasteiger partial charge in [-0.3, -0.25) is 0 Å². The number of hydrogen-bond donors (Lipinski definition) is 0. The molecule has 0 aliphatic carbocycles. The molecular formula is C15H13N5O5. The molecule has 1 aliphatic heterocycles. The molecule has 0 N–H and O–H groups in total. The van der Waals surface area contributed by atoms with Crippen LogP contribution in [0.2, 0.25) is 0 Å². The van der Waals surface area contributed by atoms with Crippen molar-refractivity contribution in [2.75, 3.05) is 6.79 Å². The molecule has 3 aromatic rings. The Balaban J connectivity index is 1.47. The van der Waals surface area contributed by atoms with Gasteiger partial charge in [-0.1, -0.05) is 0 Å². The van der Waals surface area contributed by atoms with Gasteiger partial charge in [0.05, 0.1) is 23.4 Å². The number of benzene rings is 1. The molecule has 0 atom stereocenters. The van der Waals surface area contributed by atoms with E-state index in [9.17, 15) is 10.1 Å². The molecule has 0 spiro atoms. The Kier molecular flexibility index (Phi) is 3.56. The monoisotopic (exact) mass is 343 g/mol. The summed E-state index contributed by atoms with van der Waals surface area (Å²) in [6.07, 6.45) is 0.414. The van der Waals surface area contributed by atoms with Crippen LogP contribution in [0.15, 0.2) is 28.7 Å². The first-order valence-corrected chi connectivity index (χ1v) is 7.51. The van der Waals surface area contributed by atoms with Crippen molar-refractivity contribution in [3.8, 4) is 23.0 Å². The van der Waals surface area contributed by atoms with E-state index in [0.717, 1.165) is 5.56 Å². The maximum absolute atomic E-state index is 10.8. The summed E-state index contributed by atoms with van der Waals surface area (Å²) in [7, 11) is 0. The third-order valence-electron chi connectivity index (χ3n) is 3.78. The highest BCUT2D eigenvalue weighted by atomic mass is 16.7. The molecular weight excluding hydrogens is 330 g/mol. The van der Waals surface area contributed by atoms with Crippen LogP contribution in [0.25, 0.3) is 11.5 Å². The van der Waals surface area contributed by atoms with Crippen LogP contribution in [0.1, 0.15) is 11.6 Å². The highest BCUT2D eigenvalue weighted by Gasteiger charge is 2.18. The second kappa shape index (κ2) is 5.89. The average Bonchev–Trinajstić information content (AvgIpc) is 3.31. The van der Waals surface area contributed by atoms with Crippen LogP contribution in [0, 0.1) is 17.0 Å². The highest BCUT2D eigenvalue weighted by molar-refractivity contribution is 5.60. The maximum Gasteiger partial charge on any atom is 0.390 e. The zero-order valence-corrected chi connectivity index (χ0v) is 13.2. The summed E-state index contributed by atoms with van der Waals surface area (Å²) in [6.45, 7) is 2.36. The van der Waals surface area contributed by atoms with E-state index in [1.165, 1.54) is 6.07 Å². The molecule has 0 saturated carbocycles. The Bertz CT molecular complexity index is 948. The number of nitrogens with zero attached hydrogens (tertiary/aromatic N) is 5. The first-order chi connectivity index (χ1) is 12.1. The van der Waals surface area contributed by atoms with Gasteiger partial charge in [-0.2, -0.15) is 4.68 Å². The summed E-state index contributed by atoms with van der Waals surface area (Å²) in [6, 6.07) is 6.80. The van der Waals surface area contributed by atoms with Crippen LogP contribution in [0.3, 0.4) is 0 Å². The molecule has 2 aromatic heterocycles. The lowest BCUT2D eigenvalue weighted by Gasteiger charge is -1.98. The smallest absolute Gasteiger partial charge is 0.390 e. The quantitative estimate of drug-likeness (QED) is 0.510. The van der Waals surface area contributed by atoms with Crippen LogP contribution in [-0.4, -0.2) is 31.7 Å². The second-order valence-electron chi connectivity index (χ2n) is 5.44. The molecule has 3 heterocycles. The Morgan fingerprint density at radius 3 is 2.88 bits per heavy atom. The second-order valence-corrected chi connectivity index (χ2v) is 5.44. The first-order valence-electron chi connectivity index (χ1n) is 7.51.